The molecular formula is C19H24N4O4. The van der Waals surface area contributed by atoms with Crippen LogP contribution in [-0.2, 0) is 9.53 Å². The average Bonchev–Trinajstić information content (AvgIpc) is 3.22. The first-order chi connectivity index (χ1) is 12.8. The van der Waals surface area contributed by atoms with Crippen LogP contribution in [0.2, 0.25) is 0 Å². The van der Waals surface area contributed by atoms with Crippen LogP contribution in [0.3, 0.4) is 0 Å². The lowest BCUT2D eigenvalue weighted by Gasteiger charge is -2.33. The summed E-state index contributed by atoms with van der Waals surface area (Å²) < 4.78 is 7.31. The van der Waals surface area contributed by atoms with Crippen LogP contribution < -0.4 is 0 Å². The van der Waals surface area contributed by atoms with Gasteiger partial charge in [-0.3, -0.25) is 9.59 Å². The minimum Gasteiger partial charge on any atom is -0.481 e. The molecule has 0 unspecified atom stereocenters. The number of hydrogen-bond donors (Lipinski definition) is 1. The number of nitrogens with zero attached hydrogens (tertiary/aromatic N) is 4. The van der Waals surface area contributed by atoms with E-state index in [1.165, 1.54) is 0 Å². The molecule has 1 N–H and O–H groups in total. The molecule has 27 heavy (non-hydrogen) atoms. The standard InChI is InChI=1S/C19H24N4O4/c1-11(2)23-16-13(7-20-23)6-15(12(3)21-16)17(24)22-8-14-9-27-5-4-19(14,10-22)18(25)26/h6-7,11,14H,4-5,8-10H2,1-3H3,(H,25,26)/t14-,19+/m0/s1. The van der Waals surface area contributed by atoms with Gasteiger partial charge in [-0.15, -0.1) is 0 Å². The van der Waals surface area contributed by atoms with Gasteiger partial charge in [-0.25, -0.2) is 9.67 Å². The Hall–Kier alpha value is -2.48. The van der Waals surface area contributed by atoms with Crippen LogP contribution in [0.25, 0.3) is 11.0 Å². The summed E-state index contributed by atoms with van der Waals surface area (Å²) in [5.41, 5.74) is 0.989. The molecule has 0 spiro atoms. The Bertz CT molecular complexity index is 922. The zero-order chi connectivity index (χ0) is 19.3. The van der Waals surface area contributed by atoms with E-state index >= 15 is 0 Å². The van der Waals surface area contributed by atoms with Crippen LogP contribution in [0.15, 0.2) is 12.3 Å². The van der Waals surface area contributed by atoms with Gasteiger partial charge >= 0.3 is 5.97 Å². The Morgan fingerprint density at radius 3 is 2.85 bits per heavy atom. The number of ether oxygens (including phenoxy) is 1. The minimum absolute atomic E-state index is 0.172. The smallest absolute Gasteiger partial charge is 0.311 e. The highest BCUT2D eigenvalue weighted by Crippen LogP contribution is 2.43. The van der Waals surface area contributed by atoms with Crippen LogP contribution >= 0.6 is 0 Å². The quantitative estimate of drug-likeness (QED) is 0.883. The molecule has 2 aromatic heterocycles. The van der Waals surface area contributed by atoms with Crippen LogP contribution in [0.1, 0.15) is 42.4 Å². The van der Waals surface area contributed by atoms with Gasteiger partial charge in [0.2, 0.25) is 0 Å². The first kappa shape index (κ1) is 17.9. The number of carboxylic acid groups (broad SMARTS) is 1. The maximum Gasteiger partial charge on any atom is 0.311 e. The maximum absolute atomic E-state index is 13.2. The zero-order valence-corrected chi connectivity index (χ0v) is 15.8. The SMILES string of the molecule is Cc1nc2c(cnn2C(C)C)cc1C(=O)N1C[C@H]2COCC[C@@]2(C(=O)O)C1. The largest absolute Gasteiger partial charge is 0.481 e. The molecular weight excluding hydrogens is 348 g/mol. The molecule has 2 aliphatic rings. The third-order valence-electron chi connectivity index (χ3n) is 5.90. The molecule has 0 aromatic carbocycles. The van der Waals surface area contributed by atoms with Gasteiger partial charge in [0.05, 0.1) is 29.5 Å². The number of aliphatic carboxylic acids is 1. The molecule has 1 amide bonds. The molecule has 0 radical (unpaired) electrons. The highest BCUT2D eigenvalue weighted by molar-refractivity contribution is 5.99. The molecule has 4 rings (SSSR count). The van der Waals surface area contributed by atoms with Crippen molar-refractivity contribution in [2.45, 2.75) is 33.2 Å². The second-order valence-electron chi connectivity index (χ2n) is 7.89. The van der Waals surface area contributed by atoms with Gasteiger partial charge in [0.25, 0.3) is 5.91 Å². The Labute approximate surface area is 157 Å². The molecule has 2 saturated heterocycles. The molecule has 2 aliphatic heterocycles. The summed E-state index contributed by atoms with van der Waals surface area (Å²) in [6.07, 6.45) is 2.16. The summed E-state index contributed by atoms with van der Waals surface area (Å²) in [4.78, 5) is 31.4. The first-order valence-electron chi connectivity index (χ1n) is 9.29. The lowest BCUT2D eigenvalue weighted by Crippen LogP contribution is -2.45. The molecule has 0 bridgehead atoms. The molecule has 0 aliphatic carbocycles. The van der Waals surface area contributed by atoms with Gasteiger partial charge in [-0.05, 0) is 33.3 Å². The Kier molecular flexibility index (Phi) is 4.18. The third kappa shape index (κ3) is 2.70. The van der Waals surface area contributed by atoms with Gasteiger partial charge in [0.15, 0.2) is 5.65 Å². The summed E-state index contributed by atoms with van der Waals surface area (Å²) in [5, 5.41) is 15.0. The van der Waals surface area contributed by atoms with Crippen molar-refractivity contribution < 1.29 is 19.4 Å². The summed E-state index contributed by atoms with van der Waals surface area (Å²) in [5.74, 6) is -1.18. The normalized spacial score (nSPS) is 25.2. The highest BCUT2D eigenvalue weighted by atomic mass is 16.5. The molecule has 8 nitrogen and oxygen atoms in total. The third-order valence-corrected chi connectivity index (χ3v) is 5.90. The van der Waals surface area contributed by atoms with Gasteiger partial charge in [-0.1, -0.05) is 0 Å². The van der Waals surface area contributed by atoms with Crippen LogP contribution in [0.4, 0.5) is 0 Å². The van der Waals surface area contributed by atoms with E-state index < -0.39 is 11.4 Å². The monoisotopic (exact) mass is 372 g/mol. The molecule has 4 heterocycles. The van der Waals surface area contributed by atoms with E-state index in [0.717, 1.165) is 11.0 Å². The summed E-state index contributed by atoms with van der Waals surface area (Å²) in [7, 11) is 0. The number of hydrogen-bond acceptors (Lipinski definition) is 5. The average molecular weight is 372 g/mol. The second-order valence-corrected chi connectivity index (χ2v) is 7.89. The second kappa shape index (κ2) is 6.30. The molecule has 144 valence electrons. The van der Waals surface area contributed by atoms with Gasteiger partial charge in [-0.2, -0.15) is 5.10 Å². The Balaban J connectivity index is 1.67. The number of carbonyl (C=O) groups is 2. The van der Waals surface area contributed by atoms with E-state index in [1.807, 2.05) is 31.5 Å². The van der Waals surface area contributed by atoms with Crippen molar-refractivity contribution in [3.05, 3.63) is 23.5 Å². The van der Waals surface area contributed by atoms with Crippen molar-refractivity contribution in [1.82, 2.24) is 19.7 Å². The summed E-state index contributed by atoms with van der Waals surface area (Å²) >= 11 is 0. The molecule has 8 heteroatoms. The minimum atomic E-state index is -0.901. The summed E-state index contributed by atoms with van der Waals surface area (Å²) in [6.45, 7) is 7.29. The number of likely N-dealkylation sites (tertiary alicyclic amines) is 1. The Morgan fingerprint density at radius 1 is 1.41 bits per heavy atom. The van der Waals surface area contributed by atoms with Crippen molar-refractivity contribution in [1.29, 1.82) is 0 Å². The van der Waals surface area contributed by atoms with Crippen molar-refractivity contribution in [3.8, 4) is 0 Å². The van der Waals surface area contributed by atoms with Crippen LogP contribution in [-0.4, -0.2) is 63.0 Å². The molecule has 2 fully saturated rings. The van der Waals surface area contributed by atoms with E-state index in [-0.39, 0.29) is 24.4 Å². The van der Waals surface area contributed by atoms with Crippen molar-refractivity contribution in [2.24, 2.45) is 11.3 Å². The number of aryl methyl sites for hydroxylation is 1. The van der Waals surface area contributed by atoms with Gasteiger partial charge in [0, 0.05) is 37.0 Å². The van der Waals surface area contributed by atoms with E-state index in [1.54, 1.807) is 11.1 Å². The van der Waals surface area contributed by atoms with E-state index in [9.17, 15) is 14.7 Å². The zero-order valence-electron chi connectivity index (χ0n) is 15.8. The predicted molar refractivity (Wildman–Crippen MR) is 97.5 cm³/mol. The first-order valence-corrected chi connectivity index (χ1v) is 9.29. The number of rotatable bonds is 3. The van der Waals surface area contributed by atoms with E-state index in [0.29, 0.717) is 37.4 Å². The fraction of sp³-hybridized carbons (Fsp3) is 0.579. The van der Waals surface area contributed by atoms with E-state index in [2.05, 4.69) is 10.1 Å². The fourth-order valence-electron chi connectivity index (χ4n) is 4.28. The number of fused-ring (bicyclic) bond motifs is 2. The lowest BCUT2D eigenvalue weighted by molar-refractivity contribution is -0.157. The summed E-state index contributed by atoms with van der Waals surface area (Å²) in [6, 6.07) is 1.99. The van der Waals surface area contributed by atoms with Gasteiger partial charge < -0.3 is 14.7 Å². The topological polar surface area (TPSA) is 97.5 Å². The number of carbonyl (C=O) groups excluding carboxylic acids is 1. The van der Waals surface area contributed by atoms with Crippen molar-refractivity contribution >= 4 is 22.9 Å². The number of amides is 1. The van der Waals surface area contributed by atoms with Crippen LogP contribution in [0, 0.1) is 18.3 Å². The highest BCUT2D eigenvalue weighted by Gasteiger charge is 2.55. The van der Waals surface area contributed by atoms with Crippen LogP contribution in [0.5, 0.6) is 0 Å². The number of pyridine rings is 1. The number of carboxylic acids is 1. The number of aromatic nitrogens is 3. The molecule has 2 atom stereocenters. The maximum atomic E-state index is 13.2. The van der Waals surface area contributed by atoms with Crippen molar-refractivity contribution in [3.63, 3.8) is 0 Å². The van der Waals surface area contributed by atoms with Crippen molar-refractivity contribution in [2.75, 3.05) is 26.3 Å². The molecule has 0 saturated carbocycles. The molecule has 2 aromatic rings. The Morgan fingerprint density at radius 2 is 2.19 bits per heavy atom. The fourth-order valence-corrected chi connectivity index (χ4v) is 4.28. The predicted octanol–water partition coefficient (Wildman–Crippen LogP) is 1.88. The van der Waals surface area contributed by atoms with Gasteiger partial charge in [0.1, 0.15) is 0 Å². The lowest BCUT2D eigenvalue weighted by atomic mass is 9.74. The van der Waals surface area contributed by atoms with E-state index in [4.69, 9.17) is 4.74 Å².